The molecule has 1 aromatic rings. The van der Waals surface area contributed by atoms with Gasteiger partial charge in [-0.3, -0.25) is 0 Å². The van der Waals surface area contributed by atoms with Gasteiger partial charge in [0.2, 0.25) is 0 Å². The summed E-state index contributed by atoms with van der Waals surface area (Å²) in [6, 6.07) is 7.93. The Bertz CT molecular complexity index is 343. The van der Waals surface area contributed by atoms with Crippen molar-refractivity contribution < 1.29 is 4.55 Å². The minimum absolute atomic E-state index is 0.292. The van der Waals surface area contributed by atoms with Gasteiger partial charge in [0.25, 0.3) is 0 Å². The zero-order valence-electron chi connectivity index (χ0n) is 9.03. The zero-order valence-corrected chi connectivity index (χ0v) is 12.0. The SMILES string of the molecule is CC(C)(C)[S@@+]([O-])N=Cc1ccc(I)cc1. The Labute approximate surface area is 108 Å². The van der Waals surface area contributed by atoms with Gasteiger partial charge in [-0.1, -0.05) is 16.5 Å². The van der Waals surface area contributed by atoms with Crippen molar-refractivity contribution in [2.45, 2.75) is 25.5 Å². The van der Waals surface area contributed by atoms with Crippen LogP contribution in [0.25, 0.3) is 0 Å². The first-order valence-corrected chi connectivity index (χ1v) is 6.80. The lowest BCUT2D eigenvalue weighted by molar-refractivity contribution is 0.562. The van der Waals surface area contributed by atoms with Gasteiger partial charge in [0.05, 0.1) is 6.21 Å². The second-order valence-electron chi connectivity index (χ2n) is 4.15. The molecule has 0 saturated carbocycles. The van der Waals surface area contributed by atoms with Gasteiger partial charge in [-0.2, -0.15) is 0 Å². The number of hydrogen-bond donors (Lipinski definition) is 0. The Morgan fingerprint density at radius 1 is 1.27 bits per heavy atom. The average molecular weight is 335 g/mol. The van der Waals surface area contributed by atoms with Gasteiger partial charge in [-0.15, -0.1) is 0 Å². The summed E-state index contributed by atoms with van der Waals surface area (Å²) in [5.41, 5.74) is 0.980. The lowest BCUT2D eigenvalue weighted by atomic mass is 10.2. The molecule has 2 nitrogen and oxygen atoms in total. The van der Waals surface area contributed by atoms with Crippen LogP contribution in [0.5, 0.6) is 0 Å². The van der Waals surface area contributed by atoms with Crippen LogP contribution in [0.3, 0.4) is 0 Å². The van der Waals surface area contributed by atoms with Crippen LogP contribution < -0.4 is 0 Å². The number of nitrogens with zero attached hydrogens (tertiary/aromatic N) is 1. The molecule has 1 rings (SSSR count). The lowest BCUT2D eigenvalue weighted by Crippen LogP contribution is -2.25. The Balaban J connectivity index is 2.70. The van der Waals surface area contributed by atoms with E-state index in [9.17, 15) is 4.55 Å². The minimum Gasteiger partial charge on any atom is -0.591 e. The molecule has 0 saturated heterocycles. The molecular formula is C11H14INOS. The molecule has 0 unspecified atom stereocenters. The highest BCUT2D eigenvalue weighted by molar-refractivity contribution is 14.1. The van der Waals surface area contributed by atoms with Crippen LogP contribution in [0.2, 0.25) is 0 Å². The van der Waals surface area contributed by atoms with E-state index in [0.717, 1.165) is 5.56 Å². The molecule has 0 aliphatic heterocycles. The van der Waals surface area contributed by atoms with Gasteiger partial charge < -0.3 is 4.55 Å². The van der Waals surface area contributed by atoms with Crippen molar-refractivity contribution in [3.8, 4) is 0 Å². The number of rotatable bonds is 2. The summed E-state index contributed by atoms with van der Waals surface area (Å²) in [6.07, 6.45) is 1.66. The standard InChI is InChI=1S/C11H14INOS/c1-11(2,3)15(14)13-8-9-4-6-10(12)7-5-9/h4-8H,1-3H3/t15-/m1/s1. The second-order valence-corrected chi connectivity index (χ2v) is 7.33. The fourth-order valence-electron chi connectivity index (χ4n) is 0.816. The topological polar surface area (TPSA) is 35.4 Å². The van der Waals surface area contributed by atoms with E-state index in [2.05, 4.69) is 27.0 Å². The van der Waals surface area contributed by atoms with E-state index < -0.39 is 11.4 Å². The number of hydrogen-bond acceptors (Lipinski definition) is 2. The third kappa shape index (κ3) is 4.53. The average Bonchev–Trinajstić information content (AvgIpc) is 2.15. The van der Waals surface area contributed by atoms with Gasteiger partial charge >= 0.3 is 0 Å². The number of halogens is 1. The summed E-state index contributed by atoms with van der Waals surface area (Å²) >= 11 is 1.07. The lowest BCUT2D eigenvalue weighted by Gasteiger charge is -2.17. The quantitative estimate of drug-likeness (QED) is 0.464. The van der Waals surface area contributed by atoms with E-state index >= 15 is 0 Å². The van der Waals surface area contributed by atoms with E-state index in [4.69, 9.17) is 0 Å². The first kappa shape index (κ1) is 13.0. The van der Waals surface area contributed by atoms with E-state index in [1.807, 2.05) is 45.0 Å². The predicted molar refractivity (Wildman–Crippen MR) is 74.6 cm³/mol. The van der Waals surface area contributed by atoms with Crippen LogP contribution in [0.4, 0.5) is 0 Å². The minimum atomic E-state index is -1.18. The van der Waals surface area contributed by atoms with Gasteiger partial charge in [-0.05, 0) is 61.1 Å². The highest BCUT2D eigenvalue weighted by Crippen LogP contribution is 2.16. The van der Waals surface area contributed by atoms with E-state index in [1.165, 1.54) is 3.57 Å². The zero-order chi connectivity index (χ0) is 11.5. The Morgan fingerprint density at radius 2 is 1.80 bits per heavy atom. The summed E-state index contributed by atoms with van der Waals surface area (Å²) in [5.74, 6) is 0. The molecule has 0 aromatic heterocycles. The first-order valence-electron chi connectivity index (χ1n) is 4.61. The van der Waals surface area contributed by atoms with Crippen molar-refractivity contribution in [2.75, 3.05) is 0 Å². The monoisotopic (exact) mass is 335 g/mol. The summed E-state index contributed by atoms with van der Waals surface area (Å²) in [7, 11) is 0. The van der Waals surface area contributed by atoms with Crippen LogP contribution in [-0.2, 0) is 11.4 Å². The van der Waals surface area contributed by atoms with E-state index in [0.29, 0.717) is 0 Å². The maximum absolute atomic E-state index is 11.6. The molecular weight excluding hydrogens is 321 g/mol. The molecule has 82 valence electrons. The summed E-state index contributed by atoms with van der Waals surface area (Å²) < 4.78 is 16.5. The molecule has 0 fully saturated rings. The third-order valence-electron chi connectivity index (χ3n) is 1.69. The van der Waals surface area contributed by atoms with E-state index in [1.54, 1.807) is 6.21 Å². The molecule has 0 bridgehead atoms. The van der Waals surface area contributed by atoms with Crippen LogP contribution in [0.15, 0.2) is 28.7 Å². The van der Waals surface area contributed by atoms with Gasteiger partial charge in [0.1, 0.15) is 16.1 Å². The Hall–Kier alpha value is -0.0700. The van der Waals surface area contributed by atoms with Gasteiger partial charge in [0.15, 0.2) is 0 Å². The van der Waals surface area contributed by atoms with Crippen LogP contribution in [-0.4, -0.2) is 15.5 Å². The second kappa shape index (κ2) is 5.32. The maximum Gasteiger partial charge on any atom is 0.144 e. The van der Waals surface area contributed by atoms with Crippen molar-refractivity contribution in [2.24, 2.45) is 4.40 Å². The van der Waals surface area contributed by atoms with Crippen molar-refractivity contribution >= 4 is 40.2 Å². The fourth-order valence-corrected chi connectivity index (χ4v) is 1.71. The molecule has 1 aromatic carbocycles. The summed E-state index contributed by atoms with van der Waals surface area (Å²) in [4.78, 5) is 0. The highest BCUT2D eigenvalue weighted by atomic mass is 127. The van der Waals surface area contributed by atoms with E-state index in [-0.39, 0.29) is 4.75 Å². The smallest absolute Gasteiger partial charge is 0.144 e. The molecule has 0 aliphatic carbocycles. The molecule has 0 amide bonds. The van der Waals surface area contributed by atoms with Gasteiger partial charge in [-0.25, -0.2) is 0 Å². The molecule has 0 spiro atoms. The normalized spacial score (nSPS) is 14.5. The molecule has 0 heterocycles. The van der Waals surface area contributed by atoms with Crippen molar-refractivity contribution in [1.29, 1.82) is 0 Å². The third-order valence-corrected chi connectivity index (χ3v) is 3.76. The fraction of sp³-hybridized carbons (Fsp3) is 0.364. The molecule has 4 heteroatoms. The summed E-state index contributed by atoms with van der Waals surface area (Å²) in [5, 5.41) is 0. The molecule has 0 aliphatic rings. The largest absolute Gasteiger partial charge is 0.591 e. The number of benzene rings is 1. The predicted octanol–water partition coefficient (Wildman–Crippen LogP) is 3.17. The van der Waals surface area contributed by atoms with Crippen molar-refractivity contribution in [3.63, 3.8) is 0 Å². The van der Waals surface area contributed by atoms with Crippen molar-refractivity contribution in [1.82, 2.24) is 0 Å². The van der Waals surface area contributed by atoms with Crippen LogP contribution in [0, 0.1) is 3.57 Å². The van der Waals surface area contributed by atoms with Crippen LogP contribution in [0.1, 0.15) is 26.3 Å². The Morgan fingerprint density at radius 3 is 2.27 bits per heavy atom. The molecule has 0 N–H and O–H groups in total. The summed E-state index contributed by atoms with van der Waals surface area (Å²) in [6.45, 7) is 5.73. The van der Waals surface area contributed by atoms with Crippen molar-refractivity contribution in [3.05, 3.63) is 33.4 Å². The molecule has 0 radical (unpaired) electrons. The molecule has 15 heavy (non-hydrogen) atoms. The maximum atomic E-state index is 11.6. The molecule has 1 atom stereocenters. The Kier molecular flexibility index (Phi) is 4.61. The van der Waals surface area contributed by atoms with Crippen LogP contribution >= 0.6 is 22.6 Å². The van der Waals surface area contributed by atoms with Gasteiger partial charge in [0, 0.05) is 3.57 Å². The highest BCUT2D eigenvalue weighted by Gasteiger charge is 2.25. The first-order chi connectivity index (χ1) is 6.89.